The molecule has 3 rings (SSSR count). The van der Waals surface area contributed by atoms with Crippen molar-refractivity contribution in [1.82, 2.24) is 14.9 Å². The van der Waals surface area contributed by atoms with Gasteiger partial charge in [0.05, 0.1) is 6.20 Å². The number of likely N-dealkylation sites (tertiary alicyclic amines) is 1. The standard InChI is InChI=1S/C23H31N3O4/c1-23(2,3)30-22(28)26-13-11-17(12-14-26)9-10-20-24-15-19(21(27)25-20)29-16-18-7-5-4-6-8-18/h4-8,15,17H,9-14,16H2,1-3H3,(H,24,25,27). The second-order valence-corrected chi connectivity index (χ2v) is 8.75. The van der Waals surface area contributed by atoms with Gasteiger partial charge in [-0.15, -0.1) is 0 Å². The van der Waals surface area contributed by atoms with Crippen LogP contribution in [-0.4, -0.2) is 39.7 Å². The molecule has 30 heavy (non-hydrogen) atoms. The van der Waals surface area contributed by atoms with Crippen molar-refractivity contribution in [3.63, 3.8) is 0 Å². The van der Waals surface area contributed by atoms with E-state index in [0.717, 1.165) is 24.8 Å². The molecular weight excluding hydrogens is 382 g/mol. The van der Waals surface area contributed by atoms with Crippen LogP contribution in [0.1, 0.15) is 51.4 Å². The van der Waals surface area contributed by atoms with Gasteiger partial charge in [-0.2, -0.15) is 0 Å². The Morgan fingerprint density at radius 3 is 2.53 bits per heavy atom. The number of carbonyl (C=O) groups excluding carboxylic acids is 1. The monoisotopic (exact) mass is 413 g/mol. The SMILES string of the molecule is CC(C)(C)OC(=O)N1CCC(CCc2ncc(OCc3ccccc3)c(=O)[nH]2)CC1. The fourth-order valence-corrected chi connectivity index (χ4v) is 3.46. The molecule has 1 amide bonds. The molecule has 7 nitrogen and oxygen atoms in total. The van der Waals surface area contributed by atoms with Crippen molar-refractivity contribution in [1.29, 1.82) is 0 Å². The number of H-pyrrole nitrogens is 1. The quantitative estimate of drug-likeness (QED) is 0.776. The van der Waals surface area contributed by atoms with Crippen molar-refractivity contribution >= 4 is 6.09 Å². The van der Waals surface area contributed by atoms with Gasteiger partial charge >= 0.3 is 6.09 Å². The van der Waals surface area contributed by atoms with E-state index in [1.807, 2.05) is 51.1 Å². The number of carbonyl (C=O) groups is 1. The van der Waals surface area contributed by atoms with Crippen molar-refractivity contribution in [3.8, 4) is 5.75 Å². The molecule has 0 radical (unpaired) electrons. The number of rotatable bonds is 6. The Morgan fingerprint density at radius 2 is 1.90 bits per heavy atom. The van der Waals surface area contributed by atoms with E-state index in [9.17, 15) is 9.59 Å². The number of aromatic nitrogens is 2. The number of nitrogens with one attached hydrogen (secondary N) is 1. The molecule has 2 aromatic rings. The van der Waals surface area contributed by atoms with Crippen LogP contribution in [0, 0.1) is 5.92 Å². The van der Waals surface area contributed by atoms with Gasteiger partial charge in [-0.1, -0.05) is 30.3 Å². The molecule has 7 heteroatoms. The van der Waals surface area contributed by atoms with E-state index in [0.29, 0.717) is 37.9 Å². The van der Waals surface area contributed by atoms with Gasteiger partial charge in [0, 0.05) is 19.5 Å². The molecule has 0 bridgehead atoms. The van der Waals surface area contributed by atoms with E-state index in [-0.39, 0.29) is 17.4 Å². The Balaban J connectivity index is 1.44. The zero-order chi connectivity index (χ0) is 21.6. The van der Waals surface area contributed by atoms with Crippen LogP contribution in [0.15, 0.2) is 41.3 Å². The summed E-state index contributed by atoms with van der Waals surface area (Å²) in [6.45, 7) is 7.38. The molecule has 1 aromatic heterocycles. The highest BCUT2D eigenvalue weighted by Crippen LogP contribution is 2.23. The molecule has 0 unspecified atom stereocenters. The molecular formula is C23H31N3O4. The molecule has 0 atom stereocenters. The molecule has 1 N–H and O–H groups in total. The van der Waals surface area contributed by atoms with Gasteiger partial charge in [0.25, 0.3) is 5.56 Å². The number of hydrogen-bond donors (Lipinski definition) is 1. The maximum absolute atomic E-state index is 12.3. The first-order valence-corrected chi connectivity index (χ1v) is 10.5. The Labute approximate surface area is 177 Å². The van der Waals surface area contributed by atoms with Crippen molar-refractivity contribution in [2.45, 2.75) is 58.7 Å². The van der Waals surface area contributed by atoms with Gasteiger partial charge in [0.15, 0.2) is 0 Å². The summed E-state index contributed by atoms with van der Waals surface area (Å²) in [6, 6.07) is 9.70. The lowest BCUT2D eigenvalue weighted by atomic mass is 9.92. The second-order valence-electron chi connectivity index (χ2n) is 8.75. The predicted molar refractivity (Wildman–Crippen MR) is 114 cm³/mol. The summed E-state index contributed by atoms with van der Waals surface area (Å²) in [4.78, 5) is 33.4. The fourth-order valence-electron chi connectivity index (χ4n) is 3.46. The zero-order valence-corrected chi connectivity index (χ0v) is 18.0. The highest BCUT2D eigenvalue weighted by atomic mass is 16.6. The van der Waals surface area contributed by atoms with E-state index in [2.05, 4.69) is 9.97 Å². The molecule has 1 aliphatic heterocycles. The van der Waals surface area contributed by atoms with Crippen LogP contribution in [0.25, 0.3) is 0 Å². The third-order valence-corrected chi connectivity index (χ3v) is 5.11. The molecule has 1 aromatic carbocycles. The van der Waals surface area contributed by atoms with Gasteiger partial charge in [-0.05, 0) is 51.5 Å². The second kappa shape index (κ2) is 9.78. The Bertz CT molecular complexity index is 881. The van der Waals surface area contributed by atoms with Crippen LogP contribution >= 0.6 is 0 Å². The van der Waals surface area contributed by atoms with E-state index >= 15 is 0 Å². The molecule has 2 heterocycles. The van der Waals surface area contributed by atoms with Crippen LogP contribution in [0.3, 0.4) is 0 Å². The van der Waals surface area contributed by atoms with Crippen molar-refractivity contribution in [2.24, 2.45) is 5.92 Å². The lowest BCUT2D eigenvalue weighted by molar-refractivity contribution is 0.0181. The van der Waals surface area contributed by atoms with Crippen LogP contribution < -0.4 is 10.3 Å². The minimum atomic E-state index is -0.470. The maximum Gasteiger partial charge on any atom is 0.410 e. The van der Waals surface area contributed by atoms with E-state index in [1.165, 1.54) is 6.20 Å². The highest BCUT2D eigenvalue weighted by molar-refractivity contribution is 5.68. The topological polar surface area (TPSA) is 84.5 Å². The van der Waals surface area contributed by atoms with E-state index < -0.39 is 5.60 Å². The van der Waals surface area contributed by atoms with Gasteiger partial charge < -0.3 is 19.4 Å². The zero-order valence-electron chi connectivity index (χ0n) is 18.0. The molecule has 1 saturated heterocycles. The number of aromatic amines is 1. The van der Waals surface area contributed by atoms with E-state index in [4.69, 9.17) is 9.47 Å². The lowest BCUT2D eigenvalue weighted by Crippen LogP contribution is -2.41. The molecule has 0 aliphatic carbocycles. The Hall–Kier alpha value is -2.83. The number of aryl methyl sites for hydroxylation is 1. The van der Waals surface area contributed by atoms with Gasteiger partial charge in [0.1, 0.15) is 18.0 Å². The summed E-state index contributed by atoms with van der Waals surface area (Å²) in [5.41, 5.74) is 0.275. The Kier molecular flexibility index (Phi) is 7.13. The number of piperidine rings is 1. The summed E-state index contributed by atoms with van der Waals surface area (Å²) >= 11 is 0. The molecule has 0 spiro atoms. The average molecular weight is 414 g/mol. The van der Waals surface area contributed by atoms with Crippen molar-refractivity contribution in [3.05, 3.63) is 58.3 Å². The number of benzene rings is 1. The predicted octanol–water partition coefficient (Wildman–Crippen LogP) is 3.93. The average Bonchev–Trinajstić information content (AvgIpc) is 2.71. The minimum absolute atomic E-state index is 0.230. The molecule has 162 valence electrons. The number of ether oxygens (including phenoxy) is 2. The third kappa shape index (κ3) is 6.61. The van der Waals surface area contributed by atoms with Crippen LogP contribution in [0.4, 0.5) is 4.79 Å². The van der Waals surface area contributed by atoms with Gasteiger partial charge in [0.2, 0.25) is 5.75 Å². The normalized spacial score (nSPS) is 15.1. The van der Waals surface area contributed by atoms with Crippen LogP contribution in [0.5, 0.6) is 5.75 Å². The number of nitrogens with zero attached hydrogens (tertiary/aromatic N) is 2. The van der Waals surface area contributed by atoms with Crippen LogP contribution in [-0.2, 0) is 17.8 Å². The van der Waals surface area contributed by atoms with Crippen molar-refractivity contribution in [2.75, 3.05) is 13.1 Å². The Morgan fingerprint density at radius 1 is 1.20 bits per heavy atom. The smallest absolute Gasteiger partial charge is 0.410 e. The highest BCUT2D eigenvalue weighted by Gasteiger charge is 2.26. The first kappa shape index (κ1) is 21.9. The summed E-state index contributed by atoms with van der Waals surface area (Å²) in [7, 11) is 0. The first-order chi connectivity index (χ1) is 14.3. The summed E-state index contributed by atoms with van der Waals surface area (Å²) in [5, 5.41) is 0. The van der Waals surface area contributed by atoms with Crippen molar-refractivity contribution < 1.29 is 14.3 Å². The third-order valence-electron chi connectivity index (χ3n) is 5.11. The molecule has 1 fully saturated rings. The number of amides is 1. The number of hydrogen-bond acceptors (Lipinski definition) is 5. The summed E-state index contributed by atoms with van der Waals surface area (Å²) in [5.74, 6) is 1.40. The van der Waals surface area contributed by atoms with Gasteiger partial charge in [-0.25, -0.2) is 9.78 Å². The largest absolute Gasteiger partial charge is 0.482 e. The first-order valence-electron chi connectivity index (χ1n) is 10.5. The maximum atomic E-state index is 12.3. The van der Waals surface area contributed by atoms with E-state index in [1.54, 1.807) is 4.90 Å². The summed E-state index contributed by atoms with van der Waals surface area (Å²) in [6.07, 6.45) is 4.75. The fraction of sp³-hybridized carbons (Fsp3) is 0.522. The molecule has 1 aliphatic rings. The molecule has 0 saturated carbocycles. The van der Waals surface area contributed by atoms with Gasteiger partial charge in [-0.3, -0.25) is 4.79 Å². The summed E-state index contributed by atoms with van der Waals surface area (Å²) < 4.78 is 11.0. The lowest BCUT2D eigenvalue weighted by Gasteiger charge is -2.33. The minimum Gasteiger partial charge on any atom is -0.482 e. The van der Waals surface area contributed by atoms with Crippen LogP contribution in [0.2, 0.25) is 0 Å².